The highest BCUT2D eigenvalue weighted by molar-refractivity contribution is 8.15. The van der Waals surface area contributed by atoms with Gasteiger partial charge in [-0.05, 0) is 63.3 Å². The molecule has 2 aromatic rings. The van der Waals surface area contributed by atoms with Crippen molar-refractivity contribution in [2.24, 2.45) is 4.99 Å². The molecule has 1 saturated carbocycles. The monoisotopic (exact) mass is 421 g/mol. The van der Waals surface area contributed by atoms with Gasteiger partial charge in [-0.15, -0.1) is 0 Å². The average molecular weight is 422 g/mol. The van der Waals surface area contributed by atoms with Gasteiger partial charge in [0.2, 0.25) is 11.8 Å². The number of hydrogen-bond donors (Lipinski definition) is 1. The van der Waals surface area contributed by atoms with E-state index in [0.717, 1.165) is 46.1 Å². The molecular formula is C24H27N3O2S. The number of para-hydroxylation sites is 1. The van der Waals surface area contributed by atoms with Crippen LogP contribution in [0.15, 0.2) is 41.4 Å². The van der Waals surface area contributed by atoms with Gasteiger partial charge in [-0.1, -0.05) is 47.7 Å². The number of thioether (sulfide) groups is 1. The smallest absolute Gasteiger partial charge is 0.242 e. The van der Waals surface area contributed by atoms with Crippen molar-refractivity contribution in [2.75, 3.05) is 5.32 Å². The first-order valence-electron chi connectivity index (χ1n) is 10.3. The van der Waals surface area contributed by atoms with Crippen LogP contribution in [0.3, 0.4) is 0 Å². The van der Waals surface area contributed by atoms with Gasteiger partial charge in [-0.25, -0.2) is 4.99 Å². The van der Waals surface area contributed by atoms with Crippen LogP contribution in [0.4, 0.5) is 11.4 Å². The van der Waals surface area contributed by atoms with E-state index in [4.69, 9.17) is 4.99 Å². The number of aryl methyl sites for hydroxylation is 4. The molecule has 1 N–H and O–H groups in total. The Balaban J connectivity index is 1.53. The van der Waals surface area contributed by atoms with Gasteiger partial charge in [-0.2, -0.15) is 0 Å². The van der Waals surface area contributed by atoms with Crippen molar-refractivity contribution in [2.45, 2.75) is 58.2 Å². The molecule has 1 atom stereocenters. The number of aliphatic imine (C=N–C) groups is 1. The van der Waals surface area contributed by atoms with Crippen molar-refractivity contribution in [3.8, 4) is 0 Å². The number of carbonyl (C=O) groups excluding carboxylic acids is 2. The Labute approximate surface area is 182 Å². The van der Waals surface area contributed by atoms with Crippen LogP contribution in [0.2, 0.25) is 0 Å². The summed E-state index contributed by atoms with van der Waals surface area (Å²) >= 11 is 1.42. The summed E-state index contributed by atoms with van der Waals surface area (Å²) in [5, 5.41) is 3.29. The number of nitrogens with one attached hydrogen (secondary N) is 1. The molecule has 2 aromatic carbocycles. The summed E-state index contributed by atoms with van der Waals surface area (Å²) in [5.74, 6) is -0.135. The summed E-state index contributed by atoms with van der Waals surface area (Å²) in [7, 11) is 0. The summed E-state index contributed by atoms with van der Waals surface area (Å²) in [5.41, 5.74) is 6.02. The molecule has 0 bridgehead atoms. The van der Waals surface area contributed by atoms with Gasteiger partial charge in [0.1, 0.15) is 5.25 Å². The molecule has 6 heteroatoms. The van der Waals surface area contributed by atoms with Crippen molar-refractivity contribution < 1.29 is 9.59 Å². The number of hydrogen-bond acceptors (Lipinski definition) is 4. The van der Waals surface area contributed by atoms with Gasteiger partial charge in [0.25, 0.3) is 0 Å². The van der Waals surface area contributed by atoms with Crippen LogP contribution < -0.4 is 5.32 Å². The summed E-state index contributed by atoms with van der Waals surface area (Å²) in [4.78, 5) is 32.5. The first-order chi connectivity index (χ1) is 14.3. The molecule has 0 radical (unpaired) electrons. The predicted octanol–water partition coefficient (Wildman–Crippen LogP) is 5.04. The number of nitrogens with zero attached hydrogens (tertiary/aromatic N) is 2. The second kappa shape index (κ2) is 8.26. The van der Waals surface area contributed by atoms with E-state index in [-0.39, 0.29) is 24.3 Å². The van der Waals surface area contributed by atoms with Crippen LogP contribution in [0.25, 0.3) is 0 Å². The normalized spacial score (nSPS) is 20.1. The van der Waals surface area contributed by atoms with Gasteiger partial charge < -0.3 is 5.32 Å². The van der Waals surface area contributed by atoms with Gasteiger partial charge in [0.15, 0.2) is 5.17 Å². The topological polar surface area (TPSA) is 61.8 Å². The second-order valence-corrected chi connectivity index (χ2v) is 9.42. The second-order valence-electron chi connectivity index (χ2n) is 8.25. The summed E-state index contributed by atoms with van der Waals surface area (Å²) in [6.45, 7) is 8.03. The van der Waals surface area contributed by atoms with E-state index in [1.165, 1.54) is 17.3 Å². The van der Waals surface area contributed by atoms with Crippen molar-refractivity contribution in [3.05, 3.63) is 58.7 Å². The molecule has 156 valence electrons. The number of amidine groups is 1. The molecule has 5 nitrogen and oxygen atoms in total. The van der Waals surface area contributed by atoms with Crippen LogP contribution in [0.1, 0.15) is 41.5 Å². The highest BCUT2D eigenvalue weighted by Crippen LogP contribution is 2.40. The van der Waals surface area contributed by atoms with E-state index in [1.54, 1.807) is 0 Å². The van der Waals surface area contributed by atoms with E-state index < -0.39 is 5.25 Å². The number of carbonyl (C=O) groups is 2. The zero-order valence-corrected chi connectivity index (χ0v) is 18.7. The van der Waals surface area contributed by atoms with E-state index in [1.807, 2.05) is 56.0 Å². The highest BCUT2D eigenvalue weighted by atomic mass is 32.2. The van der Waals surface area contributed by atoms with Crippen LogP contribution in [0, 0.1) is 27.7 Å². The Bertz CT molecular complexity index is 1020. The largest absolute Gasteiger partial charge is 0.326 e. The third-order valence-electron chi connectivity index (χ3n) is 5.56. The molecule has 0 aromatic heterocycles. The molecule has 30 heavy (non-hydrogen) atoms. The number of rotatable bonds is 5. The molecule has 2 aliphatic rings. The Kier molecular flexibility index (Phi) is 5.69. The van der Waals surface area contributed by atoms with Gasteiger partial charge >= 0.3 is 0 Å². The van der Waals surface area contributed by atoms with E-state index >= 15 is 0 Å². The zero-order chi connectivity index (χ0) is 21.4. The molecule has 4 rings (SSSR count). The molecule has 2 amide bonds. The Morgan fingerprint density at radius 1 is 1.10 bits per heavy atom. The molecule has 1 aliphatic carbocycles. The minimum Gasteiger partial charge on any atom is -0.326 e. The van der Waals surface area contributed by atoms with E-state index in [0.29, 0.717) is 0 Å². The maximum atomic E-state index is 13.1. The lowest BCUT2D eigenvalue weighted by Crippen LogP contribution is -2.35. The highest BCUT2D eigenvalue weighted by Gasteiger charge is 2.46. The van der Waals surface area contributed by atoms with Crippen LogP contribution in [0.5, 0.6) is 0 Å². The minimum atomic E-state index is -0.431. The fourth-order valence-corrected chi connectivity index (χ4v) is 4.97. The number of amides is 2. The Morgan fingerprint density at radius 2 is 1.80 bits per heavy atom. The minimum absolute atomic E-state index is 0.00247. The van der Waals surface area contributed by atoms with Crippen molar-refractivity contribution >= 4 is 40.1 Å². The van der Waals surface area contributed by atoms with Gasteiger partial charge in [0.05, 0.1) is 5.69 Å². The quantitative estimate of drug-likeness (QED) is 0.735. The summed E-state index contributed by atoms with van der Waals surface area (Å²) in [6, 6.07) is 12.3. The predicted molar refractivity (Wildman–Crippen MR) is 123 cm³/mol. The van der Waals surface area contributed by atoms with Crippen molar-refractivity contribution in [3.63, 3.8) is 0 Å². The first kappa shape index (κ1) is 20.7. The zero-order valence-electron chi connectivity index (χ0n) is 17.9. The fraction of sp³-hybridized carbons (Fsp3) is 0.375. The van der Waals surface area contributed by atoms with Gasteiger partial charge in [-0.3, -0.25) is 14.5 Å². The third kappa shape index (κ3) is 4.29. The lowest BCUT2D eigenvalue weighted by atomic mass is 10.1. The van der Waals surface area contributed by atoms with Crippen LogP contribution in [-0.2, 0) is 9.59 Å². The SMILES string of the molecule is Cc1ccc(N=C2S[C@H](CC(=O)Nc3c(C)cccc3C)C(=O)N2C2CC2)c(C)c1. The van der Waals surface area contributed by atoms with Crippen molar-refractivity contribution in [1.29, 1.82) is 0 Å². The lowest BCUT2D eigenvalue weighted by Gasteiger charge is -2.16. The van der Waals surface area contributed by atoms with E-state index in [2.05, 4.69) is 18.3 Å². The number of anilines is 1. The van der Waals surface area contributed by atoms with Crippen LogP contribution in [-0.4, -0.2) is 33.2 Å². The van der Waals surface area contributed by atoms with Gasteiger partial charge in [0, 0.05) is 18.2 Å². The van der Waals surface area contributed by atoms with E-state index in [9.17, 15) is 9.59 Å². The summed E-state index contributed by atoms with van der Waals surface area (Å²) < 4.78 is 0. The van der Waals surface area contributed by atoms with Crippen molar-refractivity contribution in [1.82, 2.24) is 4.90 Å². The fourth-order valence-electron chi connectivity index (χ4n) is 3.77. The van der Waals surface area contributed by atoms with Crippen LogP contribution >= 0.6 is 11.8 Å². The molecule has 0 unspecified atom stereocenters. The number of benzene rings is 2. The maximum absolute atomic E-state index is 13.1. The molecule has 1 aliphatic heterocycles. The molecule has 2 fully saturated rings. The Hall–Kier alpha value is -2.60. The third-order valence-corrected chi connectivity index (χ3v) is 6.71. The standard InChI is InChI=1S/C24H27N3O2S/c1-14-8-11-19(17(4)12-14)25-24-27(18-9-10-18)23(29)20(30-24)13-21(28)26-22-15(2)6-5-7-16(22)3/h5-8,11-12,18,20H,9-10,13H2,1-4H3,(H,26,28)/t20-/m1/s1. The molecule has 1 heterocycles. The maximum Gasteiger partial charge on any atom is 0.242 e. The molecule has 0 spiro atoms. The molecular weight excluding hydrogens is 394 g/mol. The Morgan fingerprint density at radius 3 is 2.43 bits per heavy atom. The molecule has 1 saturated heterocycles. The summed E-state index contributed by atoms with van der Waals surface area (Å²) in [6.07, 6.45) is 2.14. The first-order valence-corrected chi connectivity index (χ1v) is 11.2. The lowest BCUT2D eigenvalue weighted by molar-refractivity contribution is -0.128. The average Bonchev–Trinajstić information content (AvgIpc) is 3.47.